The lowest BCUT2D eigenvalue weighted by Crippen LogP contribution is -2.37. The largest absolute Gasteiger partial charge is 0.355 e. The monoisotopic (exact) mass is 335 g/mol. The van der Waals surface area contributed by atoms with Gasteiger partial charge in [0.2, 0.25) is 10.0 Å². The Hall–Kier alpha value is -1.99. The molecule has 2 aromatic rings. The Morgan fingerprint density at radius 3 is 2.87 bits per heavy atom. The molecule has 7 heteroatoms. The lowest BCUT2D eigenvalue weighted by molar-refractivity contribution is 0.560. The number of hydrogen-bond donors (Lipinski definition) is 1. The third-order valence-corrected chi connectivity index (χ3v) is 5.16. The molecular weight excluding hydrogens is 317 g/mol. The first-order valence-corrected chi connectivity index (χ1v) is 9.07. The molecule has 0 spiro atoms. The van der Waals surface area contributed by atoms with E-state index in [-0.39, 0.29) is 11.8 Å². The zero-order valence-corrected chi connectivity index (χ0v) is 13.3. The lowest BCUT2D eigenvalue weighted by atomic mass is 10.2. The standard InChI is InChI=1S/C16H18FN3O2S/c17-14-5-3-4-13(10-14)12-23(21,22)19-15-7-9-20(11-15)16-6-1-2-8-18-16/h1-6,8,10,15,19H,7,9,11-12H2. The predicted molar refractivity (Wildman–Crippen MR) is 87.0 cm³/mol. The number of pyridine rings is 1. The Morgan fingerprint density at radius 2 is 2.13 bits per heavy atom. The van der Waals surface area contributed by atoms with Gasteiger partial charge in [-0.15, -0.1) is 0 Å². The minimum Gasteiger partial charge on any atom is -0.355 e. The Bertz CT molecular complexity index is 768. The van der Waals surface area contributed by atoms with E-state index >= 15 is 0 Å². The Morgan fingerprint density at radius 1 is 1.26 bits per heavy atom. The number of nitrogens with zero attached hydrogens (tertiary/aromatic N) is 2. The molecule has 1 aliphatic rings. The van der Waals surface area contributed by atoms with Crippen LogP contribution in [0.15, 0.2) is 48.7 Å². The van der Waals surface area contributed by atoms with Gasteiger partial charge < -0.3 is 4.90 Å². The van der Waals surface area contributed by atoms with Crippen molar-refractivity contribution in [3.05, 3.63) is 60.0 Å². The van der Waals surface area contributed by atoms with E-state index in [1.807, 2.05) is 18.2 Å². The van der Waals surface area contributed by atoms with E-state index in [0.29, 0.717) is 12.1 Å². The van der Waals surface area contributed by atoms with Crippen molar-refractivity contribution in [2.75, 3.05) is 18.0 Å². The van der Waals surface area contributed by atoms with Gasteiger partial charge in [-0.1, -0.05) is 18.2 Å². The van der Waals surface area contributed by atoms with Gasteiger partial charge in [-0.05, 0) is 36.2 Å². The maximum atomic E-state index is 13.2. The molecule has 1 aromatic heterocycles. The van der Waals surface area contributed by atoms with Crippen LogP contribution in [0, 0.1) is 5.82 Å². The van der Waals surface area contributed by atoms with Crippen molar-refractivity contribution >= 4 is 15.8 Å². The second kappa shape index (κ2) is 6.64. The van der Waals surface area contributed by atoms with Crippen molar-refractivity contribution in [2.24, 2.45) is 0 Å². The van der Waals surface area contributed by atoms with Crippen LogP contribution in [0.3, 0.4) is 0 Å². The molecule has 2 heterocycles. The second-order valence-electron chi connectivity index (χ2n) is 5.63. The third-order valence-electron chi connectivity index (χ3n) is 3.75. The van der Waals surface area contributed by atoms with E-state index in [1.54, 1.807) is 12.3 Å². The van der Waals surface area contributed by atoms with Gasteiger partial charge in [0.1, 0.15) is 11.6 Å². The van der Waals surface area contributed by atoms with Gasteiger partial charge in [-0.2, -0.15) is 0 Å². The Kier molecular flexibility index (Phi) is 4.58. The van der Waals surface area contributed by atoms with E-state index in [1.165, 1.54) is 18.2 Å². The minimum absolute atomic E-state index is 0.157. The zero-order chi connectivity index (χ0) is 16.3. The smallest absolute Gasteiger partial charge is 0.216 e. The number of aromatic nitrogens is 1. The molecule has 3 rings (SSSR count). The van der Waals surface area contributed by atoms with Crippen LogP contribution in [0.4, 0.5) is 10.2 Å². The topological polar surface area (TPSA) is 62.3 Å². The van der Waals surface area contributed by atoms with Crippen molar-refractivity contribution < 1.29 is 12.8 Å². The van der Waals surface area contributed by atoms with Gasteiger partial charge in [0.25, 0.3) is 0 Å². The maximum Gasteiger partial charge on any atom is 0.216 e. The van der Waals surface area contributed by atoms with Gasteiger partial charge >= 0.3 is 0 Å². The molecule has 1 aliphatic heterocycles. The first-order valence-electron chi connectivity index (χ1n) is 7.42. The van der Waals surface area contributed by atoms with Crippen LogP contribution >= 0.6 is 0 Å². The average molecular weight is 335 g/mol. The van der Waals surface area contributed by atoms with Crippen LogP contribution in [-0.2, 0) is 15.8 Å². The fourth-order valence-electron chi connectivity index (χ4n) is 2.75. The van der Waals surface area contributed by atoms with Crippen molar-refractivity contribution in [1.82, 2.24) is 9.71 Å². The van der Waals surface area contributed by atoms with Crippen LogP contribution in [0.2, 0.25) is 0 Å². The van der Waals surface area contributed by atoms with Crippen molar-refractivity contribution in [1.29, 1.82) is 0 Å². The number of halogens is 1. The molecule has 0 aliphatic carbocycles. The van der Waals surface area contributed by atoms with Crippen LogP contribution < -0.4 is 9.62 Å². The summed E-state index contributed by atoms with van der Waals surface area (Å²) in [6.45, 7) is 1.34. The first kappa shape index (κ1) is 15.9. The summed E-state index contributed by atoms with van der Waals surface area (Å²) in [6, 6.07) is 11.2. The molecule has 0 amide bonds. The van der Waals surface area contributed by atoms with Gasteiger partial charge in [0.15, 0.2) is 0 Å². The summed E-state index contributed by atoms with van der Waals surface area (Å²) in [7, 11) is -3.50. The highest BCUT2D eigenvalue weighted by Crippen LogP contribution is 2.18. The van der Waals surface area contributed by atoms with Crippen LogP contribution in [-0.4, -0.2) is 32.5 Å². The molecule has 1 N–H and O–H groups in total. The van der Waals surface area contributed by atoms with Crippen molar-refractivity contribution in [2.45, 2.75) is 18.2 Å². The summed E-state index contributed by atoms with van der Waals surface area (Å²) in [4.78, 5) is 6.33. The number of anilines is 1. The average Bonchev–Trinajstić information content (AvgIpc) is 2.95. The summed E-state index contributed by atoms with van der Waals surface area (Å²) in [5, 5.41) is 0. The maximum absolute atomic E-state index is 13.2. The quantitative estimate of drug-likeness (QED) is 0.907. The fraction of sp³-hybridized carbons (Fsp3) is 0.312. The molecule has 122 valence electrons. The van der Waals surface area contributed by atoms with Crippen molar-refractivity contribution in [3.63, 3.8) is 0 Å². The highest BCUT2D eigenvalue weighted by molar-refractivity contribution is 7.88. The number of hydrogen-bond acceptors (Lipinski definition) is 4. The lowest BCUT2D eigenvalue weighted by Gasteiger charge is -2.17. The minimum atomic E-state index is -3.50. The zero-order valence-electron chi connectivity index (χ0n) is 12.5. The van der Waals surface area contributed by atoms with Crippen LogP contribution in [0.5, 0.6) is 0 Å². The Labute approximate surface area is 135 Å². The molecule has 1 saturated heterocycles. The second-order valence-corrected chi connectivity index (χ2v) is 7.38. The number of rotatable bonds is 5. The molecule has 1 fully saturated rings. The number of nitrogens with one attached hydrogen (secondary N) is 1. The van der Waals surface area contributed by atoms with Gasteiger partial charge in [0, 0.05) is 25.3 Å². The molecular formula is C16H18FN3O2S. The molecule has 5 nitrogen and oxygen atoms in total. The molecule has 23 heavy (non-hydrogen) atoms. The van der Waals surface area contributed by atoms with Gasteiger partial charge in [0.05, 0.1) is 5.75 Å². The van der Waals surface area contributed by atoms with E-state index in [0.717, 1.165) is 18.8 Å². The molecule has 1 aromatic carbocycles. The summed E-state index contributed by atoms with van der Waals surface area (Å²) >= 11 is 0. The number of benzene rings is 1. The third kappa shape index (κ3) is 4.27. The SMILES string of the molecule is O=S(=O)(Cc1cccc(F)c1)NC1CCN(c2ccccn2)C1. The molecule has 0 bridgehead atoms. The predicted octanol–water partition coefficient (Wildman–Crippen LogP) is 1.92. The van der Waals surface area contributed by atoms with E-state index in [9.17, 15) is 12.8 Å². The first-order chi connectivity index (χ1) is 11.0. The normalized spacial score (nSPS) is 18.3. The van der Waals surface area contributed by atoms with Gasteiger partial charge in [-0.3, -0.25) is 0 Å². The van der Waals surface area contributed by atoms with E-state index in [4.69, 9.17) is 0 Å². The molecule has 1 atom stereocenters. The highest BCUT2D eigenvalue weighted by atomic mass is 32.2. The van der Waals surface area contributed by atoms with E-state index < -0.39 is 15.8 Å². The molecule has 1 unspecified atom stereocenters. The van der Waals surface area contributed by atoms with Crippen LogP contribution in [0.25, 0.3) is 0 Å². The van der Waals surface area contributed by atoms with Crippen LogP contribution in [0.1, 0.15) is 12.0 Å². The Balaban J connectivity index is 1.61. The fourth-order valence-corrected chi connectivity index (χ4v) is 4.15. The highest BCUT2D eigenvalue weighted by Gasteiger charge is 2.27. The van der Waals surface area contributed by atoms with Crippen molar-refractivity contribution in [3.8, 4) is 0 Å². The van der Waals surface area contributed by atoms with E-state index in [2.05, 4.69) is 14.6 Å². The summed E-state index contributed by atoms with van der Waals surface area (Å²) in [5.41, 5.74) is 0.442. The summed E-state index contributed by atoms with van der Waals surface area (Å²) in [5.74, 6) is 0.199. The molecule has 0 radical (unpaired) electrons. The number of sulfonamides is 1. The van der Waals surface area contributed by atoms with Gasteiger partial charge in [-0.25, -0.2) is 22.5 Å². The summed E-state index contributed by atoms with van der Waals surface area (Å²) < 4.78 is 40.3. The molecule has 0 saturated carbocycles. The summed E-state index contributed by atoms with van der Waals surface area (Å²) in [6.07, 6.45) is 2.44.